The lowest BCUT2D eigenvalue weighted by molar-refractivity contribution is 0.533. The maximum Gasteiger partial charge on any atom is 0.107 e. The molecule has 0 aromatic heterocycles. The van der Waals surface area contributed by atoms with Crippen LogP contribution in [0.25, 0.3) is 0 Å². The zero-order valence-electron chi connectivity index (χ0n) is 11.7. The van der Waals surface area contributed by atoms with Crippen molar-refractivity contribution in [3.05, 3.63) is 23.8 Å². The molecule has 4 heteroatoms. The van der Waals surface area contributed by atoms with Gasteiger partial charge in [-0.2, -0.15) is 0 Å². The lowest BCUT2D eigenvalue weighted by atomic mass is 9.99. The van der Waals surface area contributed by atoms with Crippen molar-refractivity contribution >= 4 is 34.7 Å². The number of thioether (sulfide) groups is 1. The lowest BCUT2D eigenvalue weighted by Crippen LogP contribution is -2.32. The quantitative estimate of drug-likeness (QED) is 0.631. The van der Waals surface area contributed by atoms with E-state index in [1.807, 2.05) is 0 Å². The van der Waals surface area contributed by atoms with Crippen molar-refractivity contribution in [1.82, 2.24) is 0 Å². The highest BCUT2D eigenvalue weighted by Crippen LogP contribution is 2.36. The number of anilines is 1. The molecule has 3 N–H and O–H groups in total. The van der Waals surface area contributed by atoms with Crippen LogP contribution >= 0.6 is 24.0 Å². The van der Waals surface area contributed by atoms with Gasteiger partial charge in [0.1, 0.15) is 4.99 Å². The monoisotopic (exact) mass is 294 g/mol. The molecule has 2 rings (SSSR count). The smallest absolute Gasteiger partial charge is 0.107 e. The average Bonchev–Trinajstić information content (AvgIpc) is 2.76. The van der Waals surface area contributed by atoms with Crippen LogP contribution in [0.15, 0.2) is 23.1 Å². The fourth-order valence-corrected chi connectivity index (χ4v) is 3.91. The first-order chi connectivity index (χ1) is 9.06. The Morgan fingerprint density at radius 1 is 1.42 bits per heavy atom. The molecule has 19 heavy (non-hydrogen) atoms. The van der Waals surface area contributed by atoms with Gasteiger partial charge in [-0.1, -0.05) is 38.0 Å². The third-order valence-electron chi connectivity index (χ3n) is 3.72. The number of hydrogen-bond donors (Lipinski definition) is 2. The number of hydrogen-bond acceptors (Lipinski definition) is 3. The second-order valence-electron chi connectivity index (χ2n) is 5.37. The Morgan fingerprint density at radius 3 is 2.68 bits per heavy atom. The molecular weight excluding hydrogens is 272 g/mol. The van der Waals surface area contributed by atoms with Gasteiger partial charge in [0.05, 0.1) is 0 Å². The van der Waals surface area contributed by atoms with Gasteiger partial charge in [0, 0.05) is 21.7 Å². The summed E-state index contributed by atoms with van der Waals surface area (Å²) in [6.07, 6.45) is 5.04. The van der Waals surface area contributed by atoms with Gasteiger partial charge in [-0.05, 0) is 37.7 Å². The molecular formula is C15H22N2S2. The summed E-state index contributed by atoms with van der Waals surface area (Å²) in [6, 6.07) is 6.28. The minimum absolute atomic E-state index is 0.190. The zero-order chi connectivity index (χ0) is 13.9. The van der Waals surface area contributed by atoms with Crippen LogP contribution < -0.4 is 11.1 Å². The van der Waals surface area contributed by atoms with E-state index in [4.69, 9.17) is 18.0 Å². The summed E-state index contributed by atoms with van der Waals surface area (Å²) in [4.78, 5) is 1.67. The van der Waals surface area contributed by atoms with Crippen molar-refractivity contribution in [1.29, 1.82) is 0 Å². The van der Waals surface area contributed by atoms with E-state index in [0.29, 0.717) is 4.99 Å². The van der Waals surface area contributed by atoms with Gasteiger partial charge in [-0.15, -0.1) is 11.8 Å². The molecule has 1 aliphatic carbocycles. The second kappa shape index (κ2) is 6.14. The summed E-state index contributed by atoms with van der Waals surface area (Å²) in [6.45, 7) is 4.44. The molecule has 1 aliphatic rings. The molecule has 0 spiro atoms. The summed E-state index contributed by atoms with van der Waals surface area (Å²) >= 11 is 7.05. The third kappa shape index (κ3) is 3.42. The van der Waals surface area contributed by atoms with Crippen LogP contribution in [0.3, 0.4) is 0 Å². The highest BCUT2D eigenvalue weighted by Gasteiger charge is 2.29. The van der Waals surface area contributed by atoms with Gasteiger partial charge in [0.15, 0.2) is 0 Å². The van der Waals surface area contributed by atoms with Crippen LogP contribution in [0.5, 0.6) is 0 Å². The molecule has 1 fully saturated rings. The van der Waals surface area contributed by atoms with Gasteiger partial charge >= 0.3 is 0 Å². The van der Waals surface area contributed by atoms with E-state index in [2.05, 4.69) is 37.4 Å². The highest BCUT2D eigenvalue weighted by atomic mass is 32.2. The van der Waals surface area contributed by atoms with Crippen LogP contribution in [0, 0.1) is 0 Å². The molecule has 1 aromatic carbocycles. The second-order valence-corrected chi connectivity index (χ2v) is 7.11. The molecule has 0 saturated heterocycles. The summed E-state index contributed by atoms with van der Waals surface area (Å²) < 4.78 is 0. The topological polar surface area (TPSA) is 38.0 Å². The molecule has 104 valence electrons. The number of thiocarbonyl (C=S) groups is 1. The van der Waals surface area contributed by atoms with Crippen molar-refractivity contribution in [2.24, 2.45) is 5.73 Å². The molecule has 1 saturated carbocycles. The first kappa shape index (κ1) is 14.7. The van der Waals surface area contributed by atoms with Crippen LogP contribution in [0.4, 0.5) is 5.69 Å². The molecule has 0 unspecified atom stereocenters. The first-order valence-electron chi connectivity index (χ1n) is 6.89. The normalized spacial score (nSPS) is 17.4. The molecule has 0 aliphatic heterocycles. The molecule has 0 bridgehead atoms. The maximum atomic E-state index is 5.94. The molecule has 0 radical (unpaired) electrons. The number of benzene rings is 1. The molecule has 0 amide bonds. The van der Waals surface area contributed by atoms with Crippen LogP contribution in [0.1, 0.15) is 45.1 Å². The van der Waals surface area contributed by atoms with E-state index < -0.39 is 0 Å². The van der Waals surface area contributed by atoms with E-state index in [-0.39, 0.29) is 5.54 Å². The van der Waals surface area contributed by atoms with Crippen molar-refractivity contribution < 1.29 is 0 Å². The minimum atomic E-state index is 0.190. The van der Waals surface area contributed by atoms with Crippen LogP contribution in [0.2, 0.25) is 0 Å². The Labute approximate surface area is 125 Å². The van der Waals surface area contributed by atoms with Crippen molar-refractivity contribution in [3.8, 4) is 0 Å². The van der Waals surface area contributed by atoms with Gasteiger partial charge < -0.3 is 11.1 Å². The Morgan fingerprint density at radius 2 is 2.11 bits per heavy atom. The zero-order valence-corrected chi connectivity index (χ0v) is 13.3. The fourth-order valence-electron chi connectivity index (χ4n) is 2.77. The van der Waals surface area contributed by atoms with E-state index >= 15 is 0 Å². The predicted octanol–water partition coefficient (Wildman–Crippen LogP) is 4.18. The maximum absolute atomic E-state index is 5.94. The van der Waals surface area contributed by atoms with Crippen LogP contribution in [-0.4, -0.2) is 16.3 Å². The summed E-state index contributed by atoms with van der Waals surface area (Å²) in [5, 5.41) is 3.69. The van der Waals surface area contributed by atoms with Crippen molar-refractivity contribution in [3.63, 3.8) is 0 Å². The Hall–Kier alpha value is -0.740. The fraction of sp³-hybridized carbons (Fsp3) is 0.533. The summed E-state index contributed by atoms with van der Waals surface area (Å²) in [5.41, 5.74) is 8.24. The Kier molecular flexibility index (Phi) is 4.74. The van der Waals surface area contributed by atoms with Gasteiger partial charge in [-0.25, -0.2) is 0 Å². The van der Waals surface area contributed by atoms with Crippen LogP contribution in [-0.2, 0) is 0 Å². The van der Waals surface area contributed by atoms with E-state index in [1.165, 1.54) is 30.6 Å². The molecule has 0 heterocycles. The van der Waals surface area contributed by atoms with E-state index in [0.717, 1.165) is 17.0 Å². The van der Waals surface area contributed by atoms with E-state index in [9.17, 15) is 0 Å². The third-order valence-corrected chi connectivity index (χ3v) is 4.86. The summed E-state index contributed by atoms with van der Waals surface area (Å²) in [5.74, 6) is 1.02. The number of nitrogens with two attached hydrogens (primary N) is 1. The van der Waals surface area contributed by atoms with Crippen molar-refractivity contribution in [2.45, 2.75) is 50.0 Å². The molecule has 1 aromatic rings. The average molecular weight is 294 g/mol. The number of nitrogens with one attached hydrogen (secondary N) is 1. The highest BCUT2D eigenvalue weighted by molar-refractivity contribution is 7.99. The standard InChI is InChI=1S/C15H22N2S2/c1-3-19-12-8-6-7-11(13(12)14(16)18)17-15(2)9-4-5-10-15/h6-8,17H,3-5,9-10H2,1-2H3,(H2,16,18). The van der Waals surface area contributed by atoms with Gasteiger partial charge in [0.2, 0.25) is 0 Å². The van der Waals surface area contributed by atoms with Gasteiger partial charge in [-0.3, -0.25) is 0 Å². The Balaban J connectivity index is 2.33. The van der Waals surface area contributed by atoms with Gasteiger partial charge in [0.25, 0.3) is 0 Å². The van der Waals surface area contributed by atoms with Crippen molar-refractivity contribution in [2.75, 3.05) is 11.1 Å². The summed E-state index contributed by atoms with van der Waals surface area (Å²) in [7, 11) is 0. The largest absolute Gasteiger partial charge is 0.389 e. The molecule has 2 nitrogen and oxygen atoms in total. The number of rotatable bonds is 5. The first-order valence-corrected chi connectivity index (χ1v) is 8.29. The predicted molar refractivity (Wildman–Crippen MR) is 89.2 cm³/mol. The Bertz CT molecular complexity index is 465. The SMILES string of the molecule is CCSc1cccc(NC2(C)CCCC2)c1C(N)=S. The lowest BCUT2D eigenvalue weighted by Gasteiger charge is -2.28. The minimum Gasteiger partial charge on any atom is -0.389 e. The molecule has 0 atom stereocenters. The van der Waals surface area contributed by atoms with E-state index in [1.54, 1.807) is 11.8 Å².